The maximum absolute atomic E-state index is 5.83. The minimum Gasteiger partial charge on any atom is -0.377 e. The van der Waals surface area contributed by atoms with E-state index in [0.29, 0.717) is 6.54 Å². The van der Waals surface area contributed by atoms with Gasteiger partial charge in [0.1, 0.15) is 0 Å². The fourth-order valence-electron chi connectivity index (χ4n) is 2.67. The van der Waals surface area contributed by atoms with E-state index in [1.54, 1.807) is 14.2 Å². The van der Waals surface area contributed by atoms with Crippen molar-refractivity contribution in [3.05, 3.63) is 0 Å². The molecule has 0 bridgehead atoms. The minimum absolute atomic E-state index is 0. The van der Waals surface area contributed by atoms with Gasteiger partial charge in [0.15, 0.2) is 5.96 Å². The number of hydrogen-bond acceptors (Lipinski definition) is 4. The van der Waals surface area contributed by atoms with Crippen LogP contribution in [0.4, 0.5) is 0 Å². The van der Waals surface area contributed by atoms with E-state index in [-0.39, 0.29) is 47.3 Å². The van der Waals surface area contributed by atoms with Crippen molar-refractivity contribution < 1.29 is 9.47 Å². The van der Waals surface area contributed by atoms with Crippen molar-refractivity contribution in [1.82, 2.24) is 15.5 Å². The van der Waals surface area contributed by atoms with Crippen molar-refractivity contribution >= 4 is 29.9 Å². The molecule has 0 aromatic heterocycles. The lowest BCUT2D eigenvalue weighted by Crippen LogP contribution is -2.59. The zero-order valence-corrected chi connectivity index (χ0v) is 18.9. The molecule has 24 heavy (non-hydrogen) atoms. The number of halogens is 1. The first-order valence-corrected chi connectivity index (χ1v) is 8.50. The summed E-state index contributed by atoms with van der Waals surface area (Å²) in [5, 5.41) is 6.76. The van der Waals surface area contributed by atoms with E-state index >= 15 is 0 Å². The number of methoxy groups -OCH3 is 1. The lowest BCUT2D eigenvalue weighted by molar-refractivity contribution is -0.0946. The van der Waals surface area contributed by atoms with Gasteiger partial charge in [-0.15, -0.1) is 24.0 Å². The largest absolute Gasteiger partial charge is 0.377 e. The summed E-state index contributed by atoms with van der Waals surface area (Å²) in [6.45, 7) is 16.3. The van der Waals surface area contributed by atoms with Crippen LogP contribution < -0.4 is 10.6 Å². The summed E-state index contributed by atoms with van der Waals surface area (Å²) in [6.07, 6.45) is 0.552. The molecular weight excluding hydrogens is 419 g/mol. The average molecular weight is 456 g/mol. The Balaban J connectivity index is 0.00000529. The van der Waals surface area contributed by atoms with Crippen molar-refractivity contribution in [3.8, 4) is 0 Å². The predicted molar refractivity (Wildman–Crippen MR) is 112 cm³/mol. The fourth-order valence-corrected chi connectivity index (χ4v) is 2.67. The highest BCUT2D eigenvalue weighted by Crippen LogP contribution is 2.20. The molecule has 1 aliphatic rings. The second-order valence-corrected chi connectivity index (χ2v) is 7.72. The second-order valence-electron chi connectivity index (χ2n) is 7.72. The van der Waals surface area contributed by atoms with Gasteiger partial charge in [-0.2, -0.15) is 0 Å². The normalized spacial score (nSPS) is 23.6. The van der Waals surface area contributed by atoms with Crippen LogP contribution in [0.25, 0.3) is 0 Å². The summed E-state index contributed by atoms with van der Waals surface area (Å²) in [7, 11) is 3.52. The zero-order chi connectivity index (χ0) is 17.7. The van der Waals surface area contributed by atoms with Crippen LogP contribution in [-0.2, 0) is 9.47 Å². The van der Waals surface area contributed by atoms with Gasteiger partial charge in [-0.05, 0) is 41.5 Å². The summed E-state index contributed by atoms with van der Waals surface area (Å²) >= 11 is 0. The minimum atomic E-state index is -0.220. The van der Waals surface area contributed by atoms with Gasteiger partial charge in [0.05, 0.1) is 17.8 Å². The second kappa shape index (κ2) is 10.1. The Kier molecular flexibility index (Phi) is 10.1. The van der Waals surface area contributed by atoms with Crippen molar-refractivity contribution in [3.63, 3.8) is 0 Å². The summed E-state index contributed by atoms with van der Waals surface area (Å²) in [5.41, 5.74) is -0.192. The molecule has 2 atom stereocenters. The average Bonchev–Trinajstić information content (AvgIpc) is 2.46. The van der Waals surface area contributed by atoms with Gasteiger partial charge in [-0.25, -0.2) is 0 Å². The molecule has 6 nitrogen and oxygen atoms in total. The molecule has 0 saturated carbocycles. The monoisotopic (exact) mass is 456 g/mol. The lowest BCUT2D eigenvalue weighted by Gasteiger charge is -2.45. The van der Waals surface area contributed by atoms with Gasteiger partial charge >= 0.3 is 0 Å². The van der Waals surface area contributed by atoms with Crippen LogP contribution >= 0.6 is 24.0 Å². The molecule has 2 unspecified atom stereocenters. The molecule has 7 heteroatoms. The van der Waals surface area contributed by atoms with E-state index in [9.17, 15) is 0 Å². The molecule has 144 valence electrons. The molecule has 0 aromatic carbocycles. The smallest absolute Gasteiger partial charge is 0.191 e. The topological polar surface area (TPSA) is 58.1 Å². The summed E-state index contributed by atoms with van der Waals surface area (Å²) in [4.78, 5) is 6.79. The quantitative estimate of drug-likeness (QED) is 0.364. The molecule has 1 rings (SSSR count). The Hall–Kier alpha value is -0.120. The van der Waals surface area contributed by atoms with Crippen LogP contribution in [0.15, 0.2) is 4.99 Å². The number of morpholine rings is 1. The molecule has 0 aromatic rings. The fraction of sp³-hybridized carbons (Fsp3) is 0.941. The molecule has 1 heterocycles. The SMILES string of the molecule is CN=C(NCC(C)(C)OC)NCC(C)(C)N1CC(C)OC(C)C1.I. The molecular formula is C17H37IN4O2. The molecule has 0 radical (unpaired) electrons. The van der Waals surface area contributed by atoms with Crippen molar-refractivity contribution in [1.29, 1.82) is 0 Å². The van der Waals surface area contributed by atoms with Crippen LogP contribution in [0, 0.1) is 0 Å². The summed E-state index contributed by atoms with van der Waals surface area (Å²) in [5.74, 6) is 0.803. The maximum atomic E-state index is 5.83. The Labute approximate surface area is 165 Å². The summed E-state index contributed by atoms with van der Waals surface area (Å²) < 4.78 is 11.3. The van der Waals surface area contributed by atoms with Crippen LogP contribution in [0.3, 0.4) is 0 Å². The van der Waals surface area contributed by atoms with Gasteiger partial charge in [-0.1, -0.05) is 0 Å². The highest BCUT2D eigenvalue weighted by molar-refractivity contribution is 14.0. The molecule has 0 aliphatic carbocycles. The Morgan fingerprint density at radius 1 is 1.12 bits per heavy atom. The van der Waals surface area contributed by atoms with Gasteiger partial charge < -0.3 is 20.1 Å². The highest BCUT2D eigenvalue weighted by atomic mass is 127. The summed E-state index contributed by atoms with van der Waals surface area (Å²) in [6, 6.07) is 0. The number of ether oxygens (including phenoxy) is 2. The number of hydrogen-bond donors (Lipinski definition) is 2. The van der Waals surface area contributed by atoms with Gasteiger partial charge in [0, 0.05) is 45.9 Å². The van der Waals surface area contributed by atoms with Crippen LogP contribution in [-0.4, -0.2) is 74.5 Å². The van der Waals surface area contributed by atoms with Gasteiger partial charge in [0.25, 0.3) is 0 Å². The first kappa shape index (κ1) is 23.9. The van der Waals surface area contributed by atoms with E-state index in [2.05, 4.69) is 48.2 Å². The van der Waals surface area contributed by atoms with Crippen molar-refractivity contribution in [2.45, 2.75) is 64.9 Å². The van der Waals surface area contributed by atoms with Crippen LogP contribution in [0.5, 0.6) is 0 Å². The first-order chi connectivity index (χ1) is 10.6. The molecule has 1 aliphatic heterocycles. The molecule has 0 spiro atoms. The number of rotatable bonds is 6. The van der Waals surface area contributed by atoms with Crippen molar-refractivity contribution in [2.24, 2.45) is 4.99 Å². The third kappa shape index (κ3) is 7.84. The van der Waals surface area contributed by atoms with E-state index in [0.717, 1.165) is 25.6 Å². The Morgan fingerprint density at radius 3 is 2.08 bits per heavy atom. The van der Waals surface area contributed by atoms with Gasteiger partial charge in [0.2, 0.25) is 0 Å². The number of aliphatic imine (C=N–C) groups is 1. The Bertz CT molecular complexity index is 392. The number of guanidine groups is 1. The third-order valence-corrected chi connectivity index (χ3v) is 4.42. The molecule has 1 saturated heterocycles. The van der Waals surface area contributed by atoms with Crippen molar-refractivity contribution in [2.75, 3.05) is 40.3 Å². The zero-order valence-electron chi connectivity index (χ0n) is 16.6. The standard InChI is InChI=1S/C17H36N4O2.HI/c1-13-9-21(10-14(2)23-13)16(3,4)11-19-15(18-7)20-12-17(5,6)22-8;/h13-14H,9-12H2,1-8H3,(H2,18,19,20);1H. The third-order valence-electron chi connectivity index (χ3n) is 4.42. The van der Waals surface area contributed by atoms with E-state index < -0.39 is 0 Å². The van der Waals surface area contributed by atoms with E-state index in [4.69, 9.17) is 9.47 Å². The van der Waals surface area contributed by atoms with E-state index in [1.165, 1.54) is 0 Å². The highest BCUT2D eigenvalue weighted by Gasteiger charge is 2.33. The van der Waals surface area contributed by atoms with Crippen LogP contribution in [0.1, 0.15) is 41.5 Å². The van der Waals surface area contributed by atoms with E-state index in [1.807, 2.05) is 13.8 Å². The number of nitrogens with one attached hydrogen (secondary N) is 2. The molecule has 2 N–H and O–H groups in total. The maximum Gasteiger partial charge on any atom is 0.191 e. The van der Waals surface area contributed by atoms with Gasteiger partial charge in [-0.3, -0.25) is 9.89 Å². The molecule has 0 amide bonds. The molecule has 1 fully saturated rings. The first-order valence-electron chi connectivity index (χ1n) is 8.50. The van der Waals surface area contributed by atoms with Crippen LogP contribution in [0.2, 0.25) is 0 Å². The predicted octanol–water partition coefficient (Wildman–Crippen LogP) is 2.08. The lowest BCUT2D eigenvalue weighted by atomic mass is 10.00. The Morgan fingerprint density at radius 2 is 1.62 bits per heavy atom. The number of nitrogens with zero attached hydrogens (tertiary/aromatic N) is 2.